The van der Waals surface area contributed by atoms with Crippen molar-refractivity contribution in [2.75, 3.05) is 13.7 Å². The van der Waals surface area contributed by atoms with Crippen LogP contribution in [0.4, 0.5) is 0 Å². The highest BCUT2D eigenvalue weighted by Gasteiger charge is 2.13. The molecule has 0 aliphatic heterocycles. The Bertz CT molecular complexity index is 761. The molecule has 2 N–H and O–H groups in total. The van der Waals surface area contributed by atoms with Gasteiger partial charge in [0.15, 0.2) is 11.6 Å². The van der Waals surface area contributed by atoms with E-state index < -0.39 is 6.61 Å². The Morgan fingerprint density at radius 3 is 1.83 bits per heavy atom. The first kappa shape index (κ1) is 27.3. The number of ketones is 2. The highest BCUT2D eigenvalue weighted by molar-refractivity contribution is 5.94. The Labute approximate surface area is 182 Å². The number of carbonyl (C=O) groups excluding carboxylic acids is 2. The monoisotopic (exact) mass is 411 g/mol. The van der Waals surface area contributed by atoms with E-state index in [-0.39, 0.29) is 17.5 Å². The Kier molecular flexibility index (Phi) is 13.8. The fourth-order valence-electron chi connectivity index (χ4n) is 2.60. The molecule has 0 fully saturated rings. The van der Waals surface area contributed by atoms with Crippen molar-refractivity contribution >= 4 is 11.6 Å². The van der Waals surface area contributed by atoms with Crippen molar-refractivity contribution in [1.82, 2.24) is 5.32 Å². The molecule has 0 radical (unpaired) electrons. The Morgan fingerprint density at radius 2 is 1.47 bits per heavy atom. The molecule has 0 aliphatic carbocycles. The Balaban J connectivity index is 0.000000600. The van der Waals surface area contributed by atoms with Gasteiger partial charge in [-0.1, -0.05) is 82.3 Å². The summed E-state index contributed by atoms with van der Waals surface area (Å²) in [5.74, 6) is -0.394. The molecule has 0 heterocycles. The molecule has 0 bridgehead atoms. The fourth-order valence-corrected chi connectivity index (χ4v) is 2.60. The lowest BCUT2D eigenvalue weighted by Crippen LogP contribution is -2.22. The van der Waals surface area contributed by atoms with Crippen molar-refractivity contribution in [3.63, 3.8) is 0 Å². The van der Waals surface area contributed by atoms with Crippen molar-refractivity contribution in [2.24, 2.45) is 5.92 Å². The summed E-state index contributed by atoms with van der Waals surface area (Å²) in [5, 5.41) is 11.2. The van der Waals surface area contributed by atoms with Gasteiger partial charge >= 0.3 is 0 Å². The van der Waals surface area contributed by atoms with Gasteiger partial charge in [-0.2, -0.15) is 0 Å². The van der Waals surface area contributed by atoms with E-state index in [1.807, 2.05) is 38.1 Å². The number of aliphatic hydroxyl groups excluding tert-OH is 1. The predicted octanol–water partition coefficient (Wildman–Crippen LogP) is 5.45. The molecule has 2 rings (SSSR count). The number of aryl methyl sites for hydroxylation is 1. The molecule has 0 aliphatic rings. The first-order chi connectivity index (χ1) is 14.3. The second-order valence-corrected chi connectivity index (χ2v) is 6.70. The maximum Gasteiger partial charge on any atom is 0.166 e. The smallest absolute Gasteiger partial charge is 0.166 e. The summed E-state index contributed by atoms with van der Waals surface area (Å²) in [5.41, 5.74) is 5.13. The topological polar surface area (TPSA) is 66.4 Å². The zero-order valence-electron chi connectivity index (χ0n) is 19.3. The van der Waals surface area contributed by atoms with Crippen LogP contribution in [0.1, 0.15) is 57.0 Å². The molecule has 2 aromatic carbocycles. The number of allylic oxidation sites excluding steroid dienone is 1. The van der Waals surface area contributed by atoms with Gasteiger partial charge in [0, 0.05) is 18.3 Å². The predicted molar refractivity (Wildman–Crippen MR) is 127 cm³/mol. The molecule has 1 atom stereocenters. The van der Waals surface area contributed by atoms with Gasteiger partial charge in [0.2, 0.25) is 0 Å². The van der Waals surface area contributed by atoms with E-state index in [4.69, 9.17) is 5.11 Å². The van der Waals surface area contributed by atoms with Gasteiger partial charge in [-0.15, -0.1) is 0 Å². The van der Waals surface area contributed by atoms with Crippen LogP contribution in [0.3, 0.4) is 0 Å². The van der Waals surface area contributed by atoms with E-state index in [1.165, 1.54) is 17.5 Å². The minimum Gasteiger partial charge on any atom is -0.391 e. The normalized spacial score (nSPS) is 10.5. The zero-order chi connectivity index (χ0) is 23.1. The molecule has 4 heteroatoms. The Hall–Kier alpha value is -2.72. The first-order valence-electron chi connectivity index (χ1n) is 10.5. The molecule has 0 spiro atoms. The van der Waals surface area contributed by atoms with Crippen LogP contribution in [0.15, 0.2) is 60.8 Å². The van der Waals surface area contributed by atoms with Crippen LogP contribution >= 0.6 is 0 Å². The first-order valence-corrected chi connectivity index (χ1v) is 10.5. The molecular weight excluding hydrogens is 374 g/mol. The van der Waals surface area contributed by atoms with Gasteiger partial charge in [-0.3, -0.25) is 9.59 Å². The lowest BCUT2D eigenvalue weighted by Gasteiger charge is -2.10. The molecule has 2 aromatic rings. The van der Waals surface area contributed by atoms with Crippen molar-refractivity contribution in [2.45, 2.75) is 47.5 Å². The molecule has 0 aromatic heterocycles. The second-order valence-electron chi connectivity index (χ2n) is 6.70. The molecule has 0 amide bonds. The summed E-state index contributed by atoms with van der Waals surface area (Å²) >= 11 is 0. The summed E-state index contributed by atoms with van der Waals surface area (Å²) in [4.78, 5) is 22.0. The summed E-state index contributed by atoms with van der Waals surface area (Å²) in [6.07, 6.45) is 2.30. The molecule has 4 nitrogen and oxygen atoms in total. The molecule has 30 heavy (non-hydrogen) atoms. The van der Waals surface area contributed by atoms with Crippen LogP contribution in [0.5, 0.6) is 0 Å². The van der Waals surface area contributed by atoms with Gasteiger partial charge < -0.3 is 10.4 Å². The standard InChI is InChI=1S/C17H18O.C7H13NO2.C2H6/c1-3-4-14-5-7-16(8-6-14)17-11-9-15(10-12-17)13(2)18;1-5(6(2)8-3)7(10)4-9;1-2/h5-12H,3-4H2,1-2H3;5,8-9H,2,4H2,1,3H3;1-2H3. The molecule has 164 valence electrons. The van der Waals surface area contributed by atoms with E-state index in [2.05, 4.69) is 43.1 Å². The number of benzene rings is 2. The van der Waals surface area contributed by atoms with Crippen molar-refractivity contribution < 1.29 is 14.7 Å². The second kappa shape index (κ2) is 15.2. The number of rotatable bonds is 8. The quantitative estimate of drug-likeness (QED) is 0.567. The van der Waals surface area contributed by atoms with E-state index >= 15 is 0 Å². The average molecular weight is 412 g/mol. The minimum absolute atomic E-state index is 0.111. The molecule has 1 unspecified atom stereocenters. The van der Waals surface area contributed by atoms with Gasteiger partial charge in [0.1, 0.15) is 6.61 Å². The number of hydrogen-bond donors (Lipinski definition) is 2. The number of Topliss-reactive ketones (excluding diaryl/α,β-unsaturated/α-hetero) is 2. The third-order valence-corrected chi connectivity index (χ3v) is 4.60. The van der Waals surface area contributed by atoms with Crippen LogP contribution < -0.4 is 5.32 Å². The SMILES string of the molecule is C=C(NC)C(C)C(=O)CO.CC.CCCc1ccc(-c2ccc(C(C)=O)cc2)cc1. The van der Waals surface area contributed by atoms with E-state index in [0.717, 1.165) is 17.5 Å². The van der Waals surface area contributed by atoms with Crippen molar-refractivity contribution in [1.29, 1.82) is 0 Å². The van der Waals surface area contributed by atoms with Gasteiger partial charge in [-0.05, 0) is 37.0 Å². The van der Waals surface area contributed by atoms with Crippen LogP contribution in [-0.4, -0.2) is 30.3 Å². The zero-order valence-corrected chi connectivity index (χ0v) is 19.3. The summed E-state index contributed by atoms with van der Waals surface area (Å²) in [6, 6.07) is 16.4. The van der Waals surface area contributed by atoms with Crippen LogP contribution in [0.25, 0.3) is 11.1 Å². The van der Waals surface area contributed by atoms with Crippen molar-refractivity contribution in [3.8, 4) is 11.1 Å². The summed E-state index contributed by atoms with van der Waals surface area (Å²) in [6.45, 7) is 12.7. The Morgan fingerprint density at radius 1 is 1.00 bits per heavy atom. The average Bonchev–Trinajstić information content (AvgIpc) is 2.80. The molecule has 0 saturated heterocycles. The van der Waals surface area contributed by atoms with Crippen LogP contribution in [0, 0.1) is 5.92 Å². The highest BCUT2D eigenvalue weighted by atomic mass is 16.3. The van der Waals surface area contributed by atoms with E-state index in [1.54, 1.807) is 20.9 Å². The maximum absolute atomic E-state index is 11.2. The largest absolute Gasteiger partial charge is 0.391 e. The van der Waals surface area contributed by atoms with Crippen LogP contribution in [0.2, 0.25) is 0 Å². The molecular formula is C26H37NO3. The maximum atomic E-state index is 11.2. The lowest BCUT2D eigenvalue weighted by molar-refractivity contribution is -0.124. The third kappa shape index (κ3) is 9.19. The van der Waals surface area contributed by atoms with E-state index in [0.29, 0.717) is 5.70 Å². The molecule has 0 saturated carbocycles. The highest BCUT2D eigenvalue weighted by Crippen LogP contribution is 2.21. The fraction of sp³-hybridized carbons (Fsp3) is 0.385. The van der Waals surface area contributed by atoms with Crippen molar-refractivity contribution in [3.05, 3.63) is 71.9 Å². The number of hydrogen-bond acceptors (Lipinski definition) is 4. The lowest BCUT2D eigenvalue weighted by atomic mass is 10.0. The number of nitrogens with one attached hydrogen (secondary N) is 1. The van der Waals surface area contributed by atoms with Gasteiger partial charge in [0.25, 0.3) is 0 Å². The van der Waals surface area contributed by atoms with Crippen LogP contribution in [-0.2, 0) is 11.2 Å². The number of carbonyl (C=O) groups is 2. The summed E-state index contributed by atoms with van der Waals surface area (Å²) in [7, 11) is 1.70. The van der Waals surface area contributed by atoms with Gasteiger partial charge in [-0.25, -0.2) is 0 Å². The van der Waals surface area contributed by atoms with E-state index in [9.17, 15) is 9.59 Å². The number of aliphatic hydroxyl groups is 1. The van der Waals surface area contributed by atoms with Gasteiger partial charge in [0.05, 0.1) is 5.92 Å². The third-order valence-electron chi connectivity index (χ3n) is 4.60. The minimum atomic E-state index is -0.415. The summed E-state index contributed by atoms with van der Waals surface area (Å²) < 4.78 is 0.